The topological polar surface area (TPSA) is 37.3 Å². The van der Waals surface area contributed by atoms with Gasteiger partial charge in [-0.3, -0.25) is 4.79 Å². The largest absolute Gasteiger partial charge is 0.382 e. The molecule has 3 rings (SSSR count). The van der Waals surface area contributed by atoms with E-state index in [1.165, 1.54) is 0 Å². The van der Waals surface area contributed by atoms with Crippen LogP contribution in [0.4, 0.5) is 0 Å². The molecule has 0 atom stereocenters. The lowest BCUT2D eigenvalue weighted by molar-refractivity contribution is 0.0355. The molecule has 2 nitrogen and oxygen atoms in total. The molecular formula is C16H16O2. The minimum absolute atomic E-state index is 0.114. The summed E-state index contributed by atoms with van der Waals surface area (Å²) in [6.07, 6.45) is 3.06. The number of carbonyl (C=O) groups is 1. The molecule has 1 saturated carbocycles. The van der Waals surface area contributed by atoms with Gasteiger partial charge in [-0.15, -0.1) is 0 Å². The van der Waals surface area contributed by atoms with Crippen LogP contribution < -0.4 is 0 Å². The van der Waals surface area contributed by atoms with Gasteiger partial charge in [-0.05, 0) is 36.5 Å². The number of aliphatic hydroxyl groups is 1. The normalized spacial score (nSPS) is 18.1. The molecule has 2 aromatic rings. The standard InChI is InChI=1S/C16H16O2/c17-15(16(18)10-3-4-11-16)14-9-5-7-12-6-1-2-8-13(12)14/h1-2,5-9,18H,3-4,10-11H2. The first-order valence-electron chi connectivity index (χ1n) is 6.46. The summed E-state index contributed by atoms with van der Waals surface area (Å²) in [6, 6.07) is 13.5. The van der Waals surface area contributed by atoms with E-state index in [9.17, 15) is 9.90 Å². The Bertz CT molecular complexity index is 590. The molecule has 2 aromatic carbocycles. The minimum atomic E-state index is -1.13. The molecule has 0 radical (unpaired) electrons. The molecule has 0 heterocycles. The van der Waals surface area contributed by atoms with Gasteiger partial charge >= 0.3 is 0 Å². The van der Waals surface area contributed by atoms with Crippen molar-refractivity contribution in [3.05, 3.63) is 48.0 Å². The number of benzene rings is 2. The molecule has 0 bridgehead atoms. The highest BCUT2D eigenvalue weighted by molar-refractivity contribution is 6.11. The molecule has 1 N–H and O–H groups in total. The molecule has 92 valence electrons. The number of ketones is 1. The Kier molecular flexibility index (Phi) is 2.67. The van der Waals surface area contributed by atoms with Crippen LogP contribution in [0.15, 0.2) is 42.5 Å². The number of fused-ring (bicyclic) bond motifs is 1. The predicted octanol–water partition coefficient (Wildman–Crippen LogP) is 3.33. The number of hydrogen-bond donors (Lipinski definition) is 1. The Morgan fingerprint density at radius 3 is 2.44 bits per heavy atom. The third-order valence-electron chi connectivity index (χ3n) is 3.89. The first-order valence-corrected chi connectivity index (χ1v) is 6.46. The molecule has 1 aliphatic rings. The summed E-state index contributed by atoms with van der Waals surface area (Å²) in [4.78, 5) is 12.5. The molecule has 0 aromatic heterocycles. The van der Waals surface area contributed by atoms with Crippen LogP contribution in [0.5, 0.6) is 0 Å². The summed E-state index contributed by atoms with van der Waals surface area (Å²) < 4.78 is 0. The Morgan fingerprint density at radius 1 is 1.00 bits per heavy atom. The van der Waals surface area contributed by atoms with Gasteiger partial charge in [0.05, 0.1) is 0 Å². The number of carbonyl (C=O) groups excluding carboxylic acids is 1. The van der Waals surface area contributed by atoms with Crippen LogP contribution in [-0.4, -0.2) is 16.5 Å². The van der Waals surface area contributed by atoms with Crippen LogP contribution in [0.1, 0.15) is 36.0 Å². The van der Waals surface area contributed by atoms with Gasteiger partial charge in [0.2, 0.25) is 0 Å². The number of hydrogen-bond acceptors (Lipinski definition) is 2. The zero-order chi connectivity index (χ0) is 12.6. The van der Waals surface area contributed by atoms with Crippen LogP contribution >= 0.6 is 0 Å². The van der Waals surface area contributed by atoms with Gasteiger partial charge in [-0.1, -0.05) is 42.5 Å². The summed E-state index contributed by atoms with van der Waals surface area (Å²) in [5.41, 5.74) is -0.484. The van der Waals surface area contributed by atoms with Gasteiger partial charge in [0.25, 0.3) is 0 Å². The van der Waals surface area contributed by atoms with E-state index >= 15 is 0 Å². The highest BCUT2D eigenvalue weighted by Crippen LogP contribution is 2.34. The second-order valence-corrected chi connectivity index (χ2v) is 5.09. The number of Topliss-reactive ketones (excluding diaryl/α,β-unsaturated/α-hetero) is 1. The Labute approximate surface area is 106 Å². The van der Waals surface area contributed by atoms with Gasteiger partial charge in [0.1, 0.15) is 5.60 Å². The van der Waals surface area contributed by atoms with Crippen LogP contribution in [0.25, 0.3) is 10.8 Å². The molecule has 2 heteroatoms. The van der Waals surface area contributed by atoms with E-state index in [4.69, 9.17) is 0 Å². The molecule has 0 spiro atoms. The fraction of sp³-hybridized carbons (Fsp3) is 0.312. The van der Waals surface area contributed by atoms with Crippen molar-refractivity contribution in [2.24, 2.45) is 0 Å². The van der Waals surface area contributed by atoms with E-state index in [0.717, 1.165) is 23.6 Å². The maximum atomic E-state index is 12.5. The summed E-state index contributed by atoms with van der Waals surface area (Å²) in [6.45, 7) is 0. The van der Waals surface area contributed by atoms with Crippen molar-refractivity contribution in [3.8, 4) is 0 Å². The lowest BCUT2D eigenvalue weighted by Gasteiger charge is -2.21. The van der Waals surface area contributed by atoms with Crippen molar-refractivity contribution < 1.29 is 9.90 Å². The van der Waals surface area contributed by atoms with Crippen LogP contribution in [-0.2, 0) is 0 Å². The van der Waals surface area contributed by atoms with Gasteiger partial charge in [-0.25, -0.2) is 0 Å². The third-order valence-corrected chi connectivity index (χ3v) is 3.89. The zero-order valence-corrected chi connectivity index (χ0v) is 10.2. The first kappa shape index (κ1) is 11.4. The fourth-order valence-corrected chi connectivity index (χ4v) is 2.86. The maximum Gasteiger partial charge on any atom is 0.194 e. The van der Waals surface area contributed by atoms with Gasteiger partial charge in [0.15, 0.2) is 5.78 Å². The van der Waals surface area contributed by atoms with Crippen LogP contribution in [0.3, 0.4) is 0 Å². The average molecular weight is 240 g/mol. The Morgan fingerprint density at radius 2 is 1.67 bits per heavy atom. The number of rotatable bonds is 2. The first-order chi connectivity index (χ1) is 8.71. The summed E-state index contributed by atoms with van der Waals surface area (Å²) in [7, 11) is 0. The fourth-order valence-electron chi connectivity index (χ4n) is 2.86. The van der Waals surface area contributed by atoms with Crippen molar-refractivity contribution in [1.82, 2.24) is 0 Å². The lowest BCUT2D eigenvalue weighted by Crippen LogP contribution is -2.35. The highest BCUT2D eigenvalue weighted by Gasteiger charge is 2.39. The van der Waals surface area contributed by atoms with Gasteiger partial charge < -0.3 is 5.11 Å². The van der Waals surface area contributed by atoms with E-state index in [0.29, 0.717) is 18.4 Å². The van der Waals surface area contributed by atoms with E-state index in [-0.39, 0.29) is 5.78 Å². The second-order valence-electron chi connectivity index (χ2n) is 5.09. The molecule has 0 unspecified atom stereocenters. The zero-order valence-electron chi connectivity index (χ0n) is 10.2. The van der Waals surface area contributed by atoms with E-state index in [1.54, 1.807) is 0 Å². The predicted molar refractivity (Wildman–Crippen MR) is 71.7 cm³/mol. The second kappa shape index (κ2) is 4.21. The lowest BCUT2D eigenvalue weighted by atomic mass is 9.89. The molecule has 0 aliphatic heterocycles. The van der Waals surface area contributed by atoms with Crippen molar-refractivity contribution in [2.75, 3.05) is 0 Å². The quantitative estimate of drug-likeness (QED) is 0.817. The highest BCUT2D eigenvalue weighted by atomic mass is 16.3. The minimum Gasteiger partial charge on any atom is -0.382 e. The molecule has 1 aliphatic carbocycles. The van der Waals surface area contributed by atoms with Crippen molar-refractivity contribution in [3.63, 3.8) is 0 Å². The molecule has 1 fully saturated rings. The third kappa shape index (κ3) is 1.73. The molecular weight excluding hydrogens is 224 g/mol. The summed E-state index contributed by atoms with van der Waals surface area (Å²) >= 11 is 0. The van der Waals surface area contributed by atoms with E-state index in [1.807, 2.05) is 42.5 Å². The molecule has 0 amide bonds. The summed E-state index contributed by atoms with van der Waals surface area (Å²) in [5.74, 6) is -0.114. The Balaban J connectivity index is 2.12. The summed E-state index contributed by atoms with van der Waals surface area (Å²) in [5, 5.41) is 12.4. The molecule has 0 saturated heterocycles. The van der Waals surface area contributed by atoms with Crippen molar-refractivity contribution >= 4 is 16.6 Å². The van der Waals surface area contributed by atoms with E-state index in [2.05, 4.69) is 0 Å². The Hall–Kier alpha value is -1.67. The van der Waals surface area contributed by atoms with Crippen molar-refractivity contribution in [2.45, 2.75) is 31.3 Å². The average Bonchev–Trinajstić information content (AvgIpc) is 2.85. The monoisotopic (exact) mass is 240 g/mol. The van der Waals surface area contributed by atoms with Crippen LogP contribution in [0, 0.1) is 0 Å². The van der Waals surface area contributed by atoms with E-state index < -0.39 is 5.60 Å². The smallest absolute Gasteiger partial charge is 0.194 e. The SMILES string of the molecule is O=C(c1cccc2ccccc12)C1(O)CCCC1. The molecule has 18 heavy (non-hydrogen) atoms. The van der Waals surface area contributed by atoms with Gasteiger partial charge in [-0.2, -0.15) is 0 Å². The van der Waals surface area contributed by atoms with Crippen LogP contribution in [0.2, 0.25) is 0 Å². The maximum absolute atomic E-state index is 12.5. The van der Waals surface area contributed by atoms with Gasteiger partial charge in [0, 0.05) is 5.56 Å². The van der Waals surface area contributed by atoms with Crippen molar-refractivity contribution in [1.29, 1.82) is 0 Å².